The summed E-state index contributed by atoms with van der Waals surface area (Å²) in [4.78, 5) is 11.5. The molecule has 6 nitrogen and oxygen atoms in total. The predicted molar refractivity (Wildman–Crippen MR) is 76.8 cm³/mol. The lowest BCUT2D eigenvalue weighted by Crippen LogP contribution is -2.34. The van der Waals surface area contributed by atoms with Gasteiger partial charge in [0.05, 0.1) is 6.54 Å². The molecule has 2 aromatic rings. The van der Waals surface area contributed by atoms with E-state index < -0.39 is 0 Å². The second-order valence-corrected chi connectivity index (χ2v) is 4.44. The molecule has 0 spiro atoms. The summed E-state index contributed by atoms with van der Waals surface area (Å²) in [5, 5.41) is 16.8. The van der Waals surface area contributed by atoms with Crippen molar-refractivity contribution in [3.63, 3.8) is 0 Å². The zero-order valence-corrected chi connectivity index (χ0v) is 11.5. The van der Waals surface area contributed by atoms with Crippen molar-refractivity contribution in [3.8, 4) is 11.3 Å². The molecular formula is C14H19N5O. The Hall–Kier alpha value is -2.21. The number of hydrogen-bond donors (Lipinski definition) is 3. The molecule has 0 radical (unpaired) electrons. The molecule has 6 heteroatoms. The Labute approximate surface area is 118 Å². The average molecular weight is 273 g/mol. The quantitative estimate of drug-likeness (QED) is 0.705. The van der Waals surface area contributed by atoms with E-state index in [1.54, 1.807) is 0 Å². The highest BCUT2D eigenvalue weighted by Crippen LogP contribution is 2.18. The number of hydrogen-bond acceptors (Lipinski definition) is 4. The van der Waals surface area contributed by atoms with E-state index in [9.17, 15) is 4.79 Å². The molecule has 1 amide bonds. The van der Waals surface area contributed by atoms with Crippen LogP contribution in [0.2, 0.25) is 0 Å². The Kier molecular flexibility index (Phi) is 5.25. The van der Waals surface area contributed by atoms with Crippen molar-refractivity contribution in [1.29, 1.82) is 0 Å². The summed E-state index contributed by atoms with van der Waals surface area (Å²) in [6.07, 6.45) is 0.938. The maximum atomic E-state index is 11.5. The van der Waals surface area contributed by atoms with Crippen LogP contribution in [0, 0.1) is 0 Å². The Morgan fingerprint density at radius 1 is 1.25 bits per heavy atom. The second-order valence-electron chi connectivity index (χ2n) is 4.44. The van der Waals surface area contributed by atoms with Crippen LogP contribution >= 0.6 is 0 Å². The van der Waals surface area contributed by atoms with Crippen LogP contribution < -0.4 is 10.6 Å². The van der Waals surface area contributed by atoms with Gasteiger partial charge in [0.25, 0.3) is 0 Å². The maximum Gasteiger partial charge on any atom is 0.233 e. The highest BCUT2D eigenvalue weighted by molar-refractivity contribution is 5.77. The van der Waals surface area contributed by atoms with Crippen molar-refractivity contribution in [2.24, 2.45) is 0 Å². The van der Waals surface area contributed by atoms with E-state index in [2.05, 4.69) is 26.0 Å². The summed E-state index contributed by atoms with van der Waals surface area (Å²) in [6, 6.07) is 9.84. The Morgan fingerprint density at radius 2 is 2.05 bits per heavy atom. The number of H-pyrrole nitrogens is 1. The first-order valence-electron chi connectivity index (χ1n) is 6.73. The topological polar surface area (TPSA) is 82.7 Å². The number of benzene rings is 1. The molecule has 106 valence electrons. The Balaban J connectivity index is 1.89. The van der Waals surface area contributed by atoms with Gasteiger partial charge in [-0.1, -0.05) is 37.3 Å². The van der Waals surface area contributed by atoms with Crippen LogP contribution in [0.4, 0.5) is 0 Å². The lowest BCUT2D eigenvalue weighted by molar-refractivity contribution is -0.120. The van der Waals surface area contributed by atoms with Crippen LogP contribution in [-0.4, -0.2) is 34.4 Å². The zero-order valence-electron chi connectivity index (χ0n) is 11.5. The molecule has 0 atom stereocenters. The third kappa shape index (κ3) is 3.89. The Morgan fingerprint density at radius 3 is 2.80 bits per heavy atom. The van der Waals surface area contributed by atoms with Gasteiger partial charge >= 0.3 is 0 Å². The second kappa shape index (κ2) is 7.40. The minimum atomic E-state index is -0.00314. The molecule has 0 saturated carbocycles. The highest BCUT2D eigenvalue weighted by atomic mass is 16.1. The molecule has 3 N–H and O–H groups in total. The van der Waals surface area contributed by atoms with E-state index >= 15 is 0 Å². The van der Waals surface area contributed by atoms with Gasteiger partial charge in [-0.3, -0.25) is 4.79 Å². The number of nitrogens with zero attached hydrogens (tertiary/aromatic N) is 2. The van der Waals surface area contributed by atoms with Crippen molar-refractivity contribution < 1.29 is 4.79 Å². The molecule has 1 aromatic heterocycles. The zero-order chi connectivity index (χ0) is 14.2. The van der Waals surface area contributed by atoms with Crippen LogP contribution in [0.3, 0.4) is 0 Å². The number of rotatable bonds is 7. The molecule has 0 aliphatic heterocycles. The van der Waals surface area contributed by atoms with Gasteiger partial charge in [0.2, 0.25) is 5.91 Å². The fourth-order valence-electron chi connectivity index (χ4n) is 1.82. The first kappa shape index (κ1) is 14.2. The number of carbonyl (C=O) groups is 1. The van der Waals surface area contributed by atoms with Crippen molar-refractivity contribution in [2.45, 2.75) is 19.9 Å². The van der Waals surface area contributed by atoms with Gasteiger partial charge in [0, 0.05) is 18.7 Å². The third-order valence-electron chi connectivity index (χ3n) is 2.82. The molecule has 0 bridgehead atoms. The summed E-state index contributed by atoms with van der Waals surface area (Å²) < 4.78 is 0. The van der Waals surface area contributed by atoms with Crippen LogP contribution in [0.5, 0.6) is 0 Å². The van der Waals surface area contributed by atoms with Gasteiger partial charge < -0.3 is 10.6 Å². The van der Waals surface area contributed by atoms with Gasteiger partial charge in [-0.05, 0) is 6.42 Å². The first-order chi connectivity index (χ1) is 9.81. The van der Waals surface area contributed by atoms with Gasteiger partial charge in [-0.2, -0.15) is 15.4 Å². The molecule has 1 heterocycles. The van der Waals surface area contributed by atoms with Gasteiger partial charge in [0.15, 0.2) is 0 Å². The van der Waals surface area contributed by atoms with Crippen molar-refractivity contribution >= 4 is 5.91 Å². The van der Waals surface area contributed by atoms with Crippen LogP contribution in [0.15, 0.2) is 30.3 Å². The molecule has 0 saturated heterocycles. The molecule has 1 aromatic carbocycles. The van der Waals surface area contributed by atoms with Gasteiger partial charge in [-0.25, -0.2) is 0 Å². The maximum absolute atomic E-state index is 11.5. The largest absolute Gasteiger partial charge is 0.355 e. The van der Waals surface area contributed by atoms with Gasteiger partial charge in [-0.15, -0.1) is 0 Å². The smallest absolute Gasteiger partial charge is 0.233 e. The SMILES string of the molecule is CCCNC(=O)CNCc1n[nH]nc1-c1ccccc1. The number of aromatic nitrogens is 3. The van der Waals surface area contributed by atoms with E-state index in [4.69, 9.17) is 0 Å². The van der Waals surface area contributed by atoms with E-state index in [1.165, 1.54) is 0 Å². The lowest BCUT2D eigenvalue weighted by atomic mass is 10.1. The van der Waals surface area contributed by atoms with Crippen LogP contribution in [0.25, 0.3) is 11.3 Å². The standard InChI is InChI=1S/C14H19N5O/c1-2-8-16-13(20)10-15-9-12-14(18-19-17-12)11-6-4-3-5-7-11/h3-7,15H,2,8-10H2,1H3,(H,16,20)(H,17,18,19). The summed E-state index contributed by atoms with van der Waals surface area (Å²) in [5.41, 5.74) is 2.63. The van der Waals surface area contributed by atoms with Crippen molar-refractivity contribution in [2.75, 3.05) is 13.1 Å². The fraction of sp³-hybridized carbons (Fsp3) is 0.357. The number of nitrogens with one attached hydrogen (secondary N) is 3. The predicted octanol–water partition coefficient (Wildman–Crippen LogP) is 1.09. The first-order valence-corrected chi connectivity index (χ1v) is 6.73. The van der Waals surface area contributed by atoms with Crippen molar-refractivity contribution in [1.82, 2.24) is 26.0 Å². The van der Waals surface area contributed by atoms with Crippen LogP contribution in [0.1, 0.15) is 19.0 Å². The van der Waals surface area contributed by atoms with E-state index in [0.29, 0.717) is 13.1 Å². The Bertz CT molecular complexity index is 538. The van der Waals surface area contributed by atoms with Gasteiger partial charge in [0.1, 0.15) is 11.4 Å². The summed E-state index contributed by atoms with van der Waals surface area (Å²) >= 11 is 0. The third-order valence-corrected chi connectivity index (χ3v) is 2.82. The van der Waals surface area contributed by atoms with E-state index in [-0.39, 0.29) is 12.5 Å². The minimum Gasteiger partial charge on any atom is -0.355 e. The average Bonchev–Trinajstić information content (AvgIpc) is 2.94. The lowest BCUT2D eigenvalue weighted by Gasteiger charge is -2.05. The number of aromatic amines is 1. The molecule has 0 unspecified atom stereocenters. The highest BCUT2D eigenvalue weighted by Gasteiger charge is 2.10. The molecule has 0 aliphatic carbocycles. The van der Waals surface area contributed by atoms with E-state index in [1.807, 2.05) is 37.3 Å². The molecule has 0 fully saturated rings. The summed E-state index contributed by atoms with van der Waals surface area (Å²) in [6.45, 7) is 3.51. The normalized spacial score (nSPS) is 10.4. The van der Waals surface area contributed by atoms with E-state index in [0.717, 1.165) is 23.4 Å². The monoisotopic (exact) mass is 273 g/mol. The molecule has 0 aliphatic rings. The molecule has 20 heavy (non-hydrogen) atoms. The molecule has 2 rings (SSSR count). The summed E-state index contributed by atoms with van der Waals surface area (Å²) in [7, 11) is 0. The number of amides is 1. The number of carbonyl (C=O) groups excluding carboxylic acids is 1. The van der Waals surface area contributed by atoms with Crippen molar-refractivity contribution in [3.05, 3.63) is 36.0 Å². The summed E-state index contributed by atoms with van der Waals surface area (Å²) in [5.74, 6) is -0.00314. The fourth-order valence-corrected chi connectivity index (χ4v) is 1.82. The minimum absolute atomic E-state index is 0.00314. The van der Waals surface area contributed by atoms with Crippen LogP contribution in [-0.2, 0) is 11.3 Å². The molecular weight excluding hydrogens is 254 g/mol.